The van der Waals surface area contributed by atoms with Gasteiger partial charge in [0.25, 0.3) is 11.8 Å². The van der Waals surface area contributed by atoms with Crippen molar-refractivity contribution in [2.24, 2.45) is 0 Å². The van der Waals surface area contributed by atoms with Gasteiger partial charge >= 0.3 is 11.9 Å². The summed E-state index contributed by atoms with van der Waals surface area (Å²) < 4.78 is 9.83. The van der Waals surface area contributed by atoms with Crippen LogP contribution in [0.3, 0.4) is 0 Å². The number of unbranched alkanes of at least 4 members (excludes halogenated alkanes) is 1. The second kappa shape index (κ2) is 21.6. The molecule has 1 saturated heterocycles. The van der Waals surface area contributed by atoms with Crippen LogP contribution in [0.1, 0.15) is 83.4 Å². The first-order chi connectivity index (χ1) is 27.7. The second-order valence-electron chi connectivity index (χ2n) is 15.7. The zero-order valence-corrected chi connectivity index (χ0v) is 37.0. The molecule has 1 aliphatic carbocycles. The molecule has 2 N–H and O–H groups in total. The minimum Gasteiger partial charge on any atom is -0.508 e. The number of fused-ring (bicyclic) bond motifs is 3. The van der Waals surface area contributed by atoms with Crippen LogP contribution in [0.2, 0.25) is 39.3 Å². The molecule has 5 rings (SSSR count). The number of benzene rings is 3. The van der Waals surface area contributed by atoms with E-state index in [2.05, 4.69) is 74.4 Å². The third-order valence-electron chi connectivity index (χ3n) is 8.57. The molecule has 2 aliphatic rings. The van der Waals surface area contributed by atoms with Gasteiger partial charge in [-0.3, -0.25) is 34.0 Å². The van der Waals surface area contributed by atoms with Gasteiger partial charge in [-0.2, -0.15) is 5.06 Å². The van der Waals surface area contributed by atoms with Crippen molar-refractivity contribution in [1.29, 1.82) is 0 Å². The Kier molecular flexibility index (Phi) is 17.4. The highest BCUT2D eigenvalue weighted by Crippen LogP contribution is 2.40. The summed E-state index contributed by atoms with van der Waals surface area (Å²) in [6.45, 7) is 16.3. The van der Waals surface area contributed by atoms with E-state index in [0.29, 0.717) is 55.6 Å². The maximum atomic E-state index is 13.1. The Labute approximate surface area is 348 Å². The van der Waals surface area contributed by atoms with Crippen molar-refractivity contribution in [2.45, 2.75) is 91.7 Å². The zero-order valence-electron chi connectivity index (χ0n) is 35.0. The lowest BCUT2D eigenvalue weighted by Gasteiger charge is -2.25. The molecule has 308 valence electrons. The first-order valence-corrected chi connectivity index (χ1v) is 26.2. The van der Waals surface area contributed by atoms with Crippen molar-refractivity contribution in [2.75, 3.05) is 13.2 Å². The summed E-state index contributed by atoms with van der Waals surface area (Å²) in [7, 11) is -3.51. The SMILES string of the molecule is CC(=O)OCCCC#CC#Cc1ccccc1C(=O)C#C[Si](C)(C)C.CC(=O)OCCCc1c(O)cc2c(c1[Si](C)(C)C)C(=O)c1ccccc1-2.O=C1CCC(=O)N1O. The molecule has 0 atom stereocenters. The molecule has 59 heavy (non-hydrogen) atoms. The molecule has 11 nitrogen and oxygen atoms in total. The molecule has 0 spiro atoms. The van der Waals surface area contributed by atoms with Crippen LogP contribution in [-0.2, 0) is 35.1 Å². The third kappa shape index (κ3) is 14.4. The molecular weight excluding hydrogens is 783 g/mol. The molecule has 1 fully saturated rings. The maximum absolute atomic E-state index is 13.1. The van der Waals surface area contributed by atoms with E-state index in [4.69, 9.17) is 14.7 Å². The highest BCUT2D eigenvalue weighted by Gasteiger charge is 2.36. The largest absolute Gasteiger partial charge is 0.508 e. The summed E-state index contributed by atoms with van der Waals surface area (Å²) >= 11 is 0. The highest BCUT2D eigenvalue weighted by molar-refractivity contribution is 6.90. The van der Waals surface area contributed by atoms with Crippen molar-refractivity contribution < 1.29 is 48.6 Å². The molecule has 0 unspecified atom stereocenters. The lowest BCUT2D eigenvalue weighted by molar-refractivity contribution is -0.171. The number of ether oxygens (including phenoxy) is 2. The number of hydroxylamine groups is 2. The first kappa shape index (κ1) is 47.3. The van der Waals surface area contributed by atoms with Gasteiger partial charge in [-0.15, -0.1) is 5.54 Å². The average Bonchev–Trinajstić information content (AvgIpc) is 3.62. The van der Waals surface area contributed by atoms with Gasteiger partial charge in [-0.25, -0.2) is 0 Å². The van der Waals surface area contributed by atoms with Gasteiger partial charge in [-0.05, 0) is 77.1 Å². The van der Waals surface area contributed by atoms with Crippen molar-refractivity contribution in [3.63, 3.8) is 0 Å². The maximum Gasteiger partial charge on any atom is 0.302 e. The summed E-state index contributed by atoms with van der Waals surface area (Å²) in [5, 5.41) is 20.3. The number of carbonyl (C=O) groups is 6. The summed E-state index contributed by atoms with van der Waals surface area (Å²) in [5.74, 6) is 12.5. The molecule has 1 heterocycles. The number of hydrogen-bond donors (Lipinski definition) is 2. The highest BCUT2D eigenvalue weighted by atomic mass is 28.3. The first-order valence-electron chi connectivity index (χ1n) is 19.2. The molecular formula is C46H51NO10Si2. The number of Topliss-reactive ketones (excluding diaryl/α,β-unsaturated/α-hetero) is 1. The molecule has 2 amide bonds. The zero-order chi connectivity index (χ0) is 43.9. The number of carbonyl (C=O) groups excluding carboxylic acids is 6. The number of nitrogens with zero attached hydrogens (tertiary/aromatic N) is 1. The predicted molar refractivity (Wildman–Crippen MR) is 230 cm³/mol. The number of amides is 2. The minimum absolute atomic E-state index is 0.0502. The van der Waals surface area contributed by atoms with Crippen LogP contribution in [0.4, 0.5) is 0 Å². The smallest absolute Gasteiger partial charge is 0.302 e. The van der Waals surface area contributed by atoms with Gasteiger partial charge in [0.1, 0.15) is 13.8 Å². The van der Waals surface area contributed by atoms with Crippen LogP contribution >= 0.6 is 0 Å². The fourth-order valence-corrected chi connectivity index (χ4v) is 8.65. The number of hydrogen-bond acceptors (Lipinski definition) is 10. The van der Waals surface area contributed by atoms with E-state index in [-0.39, 0.29) is 47.2 Å². The van der Waals surface area contributed by atoms with Crippen LogP contribution in [0.5, 0.6) is 5.75 Å². The normalized spacial score (nSPS) is 12.4. The van der Waals surface area contributed by atoms with E-state index in [0.717, 1.165) is 27.4 Å². The number of imide groups is 1. The number of aromatic hydroxyl groups is 1. The van der Waals surface area contributed by atoms with Crippen LogP contribution in [0, 0.1) is 35.1 Å². The molecule has 1 aliphatic heterocycles. The molecule has 3 aromatic carbocycles. The summed E-state index contributed by atoms with van der Waals surface area (Å²) in [5.41, 5.74) is 8.25. The summed E-state index contributed by atoms with van der Waals surface area (Å²) in [6.07, 6.45) is 2.77. The second-order valence-corrected chi connectivity index (χ2v) is 25.5. The summed E-state index contributed by atoms with van der Waals surface area (Å²) in [6, 6.07) is 16.5. The minimum atomic E-state index is -1.92. The Bertz CT molecular complexity index is 2280. The average molecular weight is 834 g/mol. The van der Waals surface area contributed by atoms with Gasteiger partial charge in [0.15, 0.2) is 5.78 Å². The van der Waals surface area contributed by atoms with Crippen LogP contribution < -0.4 is 5.19 Å². The number of esters is 2. The fourth-order valence-electron chi connectivity index (χ4n) is 6.00. The lowest BCUT2D eigenvalue weighted by atomic mass is 9.99. The van der Waals surface area contributed by atoms with Gasteiger partial charge in [0.05, 0.1) is 21.3 Å². The molecule has 0 radical (unpaired) electrons. The van der Waals surface area contributed by atoms with Crippen LogP contribution in [0.15, 0.2) is 54.6 Å². The quantitative estimate of drug-likeness (QED) is 0.0357. The monoisotopic (exact) mass is 833 g/mol. The standard InChI is InChI=1S/C21H24O4Si.C21H22O3Si.C4H5NO3/c1-13(22)25-11-7-10-16-18(23)12-17-14-8-5-6-9-15(14)20(24)19(17)21(16)26(2,3)4;1-18(22)24-16-11-7-5-6-8-12-19-13-9-10-14-20(19)21(23)15-17-25(2,3)4;6-3-1-2-4(7)5(3)8/h5-6,8-9,12,23H,7,10-11H2,1-4H3;9-10,13-14H,7,11,16H2,1-4H3;8H,1-2H2. The fraction of sp³-hybridized carbons (Fsp3) is 0.348. The summed E-state index contributed by atoms with van der Waals surface area (Å²) in [4.78, 5) is 67.4. The Morgan fingerprint density at radius 3 is 1.92 bits per heavy atom. The van der Waals surface area contributed by atoms with E-state index >= 15 is 0 Å². The van der Waals surface area contributed by atoms with E-state index in [9.17, 15) is 33.9 Å². The van der Waals surface area contributed by atoms with Crippen molar-refractivity contribution >= 4 is 56.7 Å². The topological polar surface area (TPSA) is 165 Å². The lowest BCUT2D eigenvalue weighted by Crippen LogP contribution is -2.43. The number of rotatable bonds is 9. The van der Waals surface area contributed by atoms with E-state index in [1.807, 2.05) is 30.3 Å². The number of phenols is 1. The molecule has 0 bridgehead atoms. The van der Waals surface area contributed by atoms with Gasteiger partial charge in [0, 0.05) is 55.4 Å². The van der Waals surface area contributed by atoms with Gasteiger partial charge < -0.3 is 14.6 Å². The predicted octanol–water partition coefficient (Wildman–Crippen LogP) is 6.62. The Balaban J connectivity index is 0.000000265. The molecule has 13 heteroatoms. The number of ketones is 2. The third-order valence-corrected chi connectivity index (χ3v) is 11.5. The Morgan fingerprint density at radius 1 is 0.780 bits per heavy atom. The van der Waals surface area contributed by atoms with Crippen molar-refractivity contribution in [1.82, 2.24) is 5.06 Å². The van der Waals surface area contributed by atoms with E-state index < -0.39 is 28.0 Å². The van der Waals surface area contributed by atoms with Gasteiger partial charge in [-0.1, -0.05) is 87.5 Å². The molecule has 3 aromatic rings. The number of phenolic OH excluding ortho intramolecular Hbond substituents is 1. The molecule has 0 saturated carbocycles. The van der Waals surface area contributed by atoms with E-state index in [1.165, 1.54) is 13.8 Å². The van der Waals surface area contributed by atoms with Crippen LogP contribution in [0.25, 0.3) is 11.1 Å². The Morgan fingerprint density at radius 2 is 1.36 bits per heavy atom. The Hall–Kier alpha value is -6.05. The molecule has 0 aromatic heterocycles. The van der Waals surface area contributed by atoms with Crippen LogP contribution in [-0.4, -0.2) is 80.1 Å². The van der Waals surface area contributed by atoms with E-state index in [1.54, 1.807) is 24.3 Å². The van der Waals surface area contributed by atoms with Gasteiger partial charge in [0.2, 0.25) is 5.78 Å². The van der Waals surface area contributed by atoms with Crippen molar-refractivity contribution in [3.8, 4) is 52.0 Å². The van der Waals surface area contributed by atoms with Crippen molar-refractivity contribution in [3.05, 3.63) is 82.4 Å².